The second-order valence-electron chi connectivity index (χ2n) is 10.6. The first-order valence-electron chi connectivity index (χ1n) is 13.1. The Labute approximate surface area is 232 Å². The summed E-state index contributed by atoms with van der Waals surface area (Å²) in [5.74, 6) is 0.111. The molecule has 0 saturated carbocycles. The molecule has 0 radical (unpaired) electrons. The van der Waals surface area contributed by atoms with E-state index < -0.39 is 23.3 Å². The summed E-state index contributed by atoms with van der Waals surface area (Å²) >= 11 is 0. The Morgan fingerprint density at radius 3 is 2.50 bits per heavy atom. The maximum atomic E-state index is 13.8. The summed E-state index contributed by atoms with van der Waals surface area (Å²) < 4.78 is 30.2. The van der Waals surface area contributed by atoms with E-state index in [1.807, 2.05) is 20.8 Å². The molecule has 1 aliphatic heterocycles. The number of ether oxygens (including phenoxy) is 3. The fraction of sp³-hybridized carbons (Fsp3) is 0.464. The number of aromatic nitrogens is 4. The van der Waals surface area contributed by atoms with Gasteiger partial charge < -0.3 is 24.4 Å². The van der Waals surface area contributed by atoms with Gasteiger partial charge in [-0.25, -0.2) is 4.39 Å². The minimum absolute atomic E-state index is 0.176. The summed E-state index contributed by atoms with van der Waals surface area (Å²) in [7, 11) is 3.07. The highest BCUT2D eigenvalue weighted by Crippen LogP contribution is 2.31. The van der Waals surface area contributed by atoms with Crippen LogP contribution >= 0.6 is 0 Å². The van der Waals surface area contributed by atoms with Crippen LogP contribution in [0.5, 0.6) is 11.5 Å². The third-order valence-corrected chi connectivity index (χ3v) is 6.36. The van der Waals surface area contributed by atoms with Crippen molar-refractivity contribution in [3.8, 4) is 22.9 Å². The monoisotopic (exact) mass is 554 g/mol. The van der Waals surface area contributed by atoms with Crippen LogP contribution in [0.2, 0.25) is 0 Å². The van der Waals surface area contributed by atoms with Crippen LogP contribution < -0.4 is 14.8 Å². The molecule has 1 aromatic heterocycles. The molecule has 2 atom stereocenters. The van der Waals surface area contributed by atoms with Crippen LogP contribution in [0.15, 0.2) is 42.5 Å². The standard InChI is InChI=1S/C28H35FN6O5/c1-28(2,3)30-27(37)25(18-8-11-20(29)12-9-18)34(16-21-7-6-14-40-21)24(36)17-35-32-26(31-33-35)19-10-13-22(38-4)23(15-19)39-5/h8-13,15,21,25H,6-7,14,16-17H2,1-5H3,(H,30,37)/t21-,25-/m1/s1. The number of methoxy groups -OCH3 is 2. The third-order valence-electron chi connectivity index (χ3n) is 6.36. The highest BCUT2D eigenvalue weighted by molar-refractivity contribution is 5.89. The zero-order valence-corrected chi connectivity index (χ0v) is 23.4. The molecule has 214 valence electrons. The lowest BCUT2D eigenvalue weighted by Gasteiger charge is -2.34. The van der Waals surface area contributed by atoms with Gasteiger partial charge in [0, 0.05) is 24.3 Å². The SMILES string of the molecule is COc1ccc(-c2nnn(CC(=O)N(C[C@H]3CCCO3)[C@@H](C(=O)NC(C)(C)C)c3ccc(F)cc3)n2)cc1OC. The minimum atomic E-state index is -1.02. The topological polar surface area (TPSA) is 121 Å². The van der Waals surface area contributed by atoms with Crippen LogP contribution in [0.4, 0.5) is 4.39 Å². The van der Waals surface area contributed by atoms with Crippen molar-refractivity contribution in [1.29, 1.82) is 0 Å². The number of hydrogen-bond acceptors (Lipinski definition) is 8. The van der Waals surface area contributed by atoms with Crippen LogP contribution in [0, 0.1) is 5.82 Å². The van der Waals surface area contributed by atoms with E-state index in [0.29, 0.717) is 35.1 Å². The molecule has 0 unspecified atom stereocenters. The van der Waals surface area contributed by atoms with Crippen molar-refractivity contribution in [2.45, 2.75) is 57.8 Å². The number of carbonyl (C=O) groups excluding carboxylic acids is 2. The molecular weight excluding hydrogens is 519 g/mol. The molecule has 2 amide bonds. The Hall–Kier alpha value is -4.06. The van der Waals surface area contributed by atoms with Gasteiger partial charge in [-0.1, -0.05) is 12.1 Å². The number of nitrogens with one attached hydrogen (secondary N) is 1. The first kappa shape index (κ1) is 28.9. The van der Waals surface area contributed by atoms with Crippen molar-refractivity contribution >= 4 is 11.8 Å². The Morgan fingerprint density at radius 1 is 1.15 bits per heavy atom. The van der Waals surface area contributed by atoms with Gasteiger partial charge in [0.15, 0.2) is 11.5 Å². The van der Waals surface area contributed by atoms with Gasteiger partial charge in [-0.05, 0) is 74.7 Å². The van der Waals surface area contributed by atoms with Crippen LogP contribution in [0.25, 0.3) is 11.4 Å². The number of halogens is 1. The van der Waals surface area contributed by atoms with Crippen molar-refractivity contribution < 1.29 is 28.2 Å². The first-order valence-corrected chi connectivity index (χ1v) is 13.1. The van der Waals surface area contributed by atoms with Crippen LogP contribution in [0.3, 0.4) is 0 Å². The normalized spacial score (nSPS) is 15.9. The summed E-state index contributed by atoms with van der Waals surface area (Å²) in [5, 5.41) is 15.5. The van der Waals surface area contributed by atoms with Gasteiger partial charge in [0.05, 0.1) is 20.3 Å². The van der Waals surface area contributed by atoms with Crippen molar-refractivity contribution in [2.24, 2.45) is 0 Å². The van der Waals surface area contributed by atoms with Crippen LogP contribution in [-0.4, -0.2) is 75.9 Å². The molecule has 2 heterocycles. The maximum absolute atomic E-state index is 13.8. The number of rotatable bonds is 10. The third kappa shape index (κ3) is 7.12. The molecule has 12 heteroatoms. The lowest BCUT2D eigenvalue weighted by molar-refractivity contribution is -0.144. The first-order chi connectivity index (χ1) is 19.1. The highest BCUT2D eigenvalue weighted by Gasteiger charge is 2.36. The van der Waals surface area contributed by atoms with E-state index in [9.17, 15) is 14.0 Å². The molecule has 3 aromatic rings. The van der Waals surface area contributed by atoms with Gasteiger partial charge in [0.1, 0.15) is 18.4 Å². The Balaban J connectivity index is 1.64. The summed E-state index contributed by atoms with van der Waals surface area (Å²) in [6.45, 7) is 6.06. The number of amides is 2. The Morgan fingerprint density at radius 2 is 1.88 bits per heavy atom. The fourth-order valence-corrected chi connectivity index (χ4v) is 4.53. The molecule has 1 saturated heterocycles. The van der Waals surface area contributed by atoms with Crippen molar-refractivity contribution in [1.82, 2.24) is 30.4 Å². The molecule has 1 fully saturated rings. The summed E-state index contributed by atoms with van der Waals surface area (Å²) in [6.07, 6.45) is 1.38. The molecule has 1 N–H and O–H groups in total. The number of carbonyl (C=O) groups is 2. The molecule has 11 nitrogen and oxygen atoms in total. The molecule has 1 aliphatic rings. The molecule has 40 heavy (non-hydrogen) atoms. The lowest BCUT2D eigenvalue weighted by atomic mass is 10.0. The van der Waals surface area contributed by atoms with Crippen molar-refractivity contribution in [3.05, 3.63) is 53.8 Å². The second-order valence-corrected chi connectivity index (χ2v) is 10.6. The average Bonchev–Trinajstić information content (AvgIpc) is 3.60. The Kier molecular flexibility index (Phi) is 8.98. The average molecular weight is 555 g/mol. The van der Waals surface area contributed by atoms with E-state index >= 15 is 0 Å². The molecule has 4 rings (SSSR count). The number of nitrogens with zero attached hydrogens (tertiary/aromatic N) is 5. The van der Waals surface area contributed by atoms with Crippen molar-refractivity contribution in [3.63, 3.8) is 0 Å². The van der Waals surface area contributed by atoms with E-state index in [0.717, 1.165) is 12.8 Å². The second kappa shape index (κ2) is 12.4. The van der Waals surface area contributed by atoms with E-state index in [4.69, 9.17) is 14.2 Å². The number of tetrazole rings is 1. The minimum Gasteiger partial charge on any atom is -0.493 e. The summed E-state index contributed by atoms with van der Waals surface area (Å²) in [4.78, 5) is 30.1. The van der Waals surface area contributed by atoms with Gasteiger partial charge in [-0.3, -0.25) is 9.59 Å². The van der Waals surface area contributed by atoms with Gasteiger partial charge in [-0.2, -0.15) is 4.80 Å². The predicted octanol–water partition coefficient (Wildman–Crippen LogP) is 3.16. The summed E-state index contributed by atoms with van der Waals surface area (Å²) in [6, 6.07) is 9.76. The molecule has 2 aromatic carbocycles. The predicted molar refractivity (Wildman–Crippen MR) is 144 cm³/mol. The van der Waals surface area contributed by atoms with E-state index in [-0.39, 0.29) is 25.1 Å². The van der Waals surface area contributed by atoms with E-state index in [1.54, 1.807) is 25.3 Å². The van der Waals surface area contributed by atoms with Gasteiger partial charge in [0.2, 0.25) is 17.6 Å². The fourth-order valence-electron chi connectivity index (χ4n) is 4.53. The van der Waals surface area contributed by atoms with Crippen molar-refractivity contribution in [2.75, 3.05) is 27.4 Å². The van der Waals surface area contributed by atoms with Gasteiger partial charge in [0.25, 0.3) is 0 Å². The highest BCUT2D eigenvalue weighted by atomic mass is 19.1. The van der Waals surface area contributed by atoms with E-state index in [1.165, 1.54) is 41.1 Å². The molecule has 0 spiro atoms. The molecular formula is C28H35FN6O5. The van der Waals surface area contributed by atoms with E-state index in [2.05, 4.69) is 20.7 Å². The maximum Gasteiger partial charge on any atom is 0.247 e. The largest absolute Gasteiger partial charge is 0.493 e. The number of hydrogen-bond donors (Lipinski definition) is 1. The zero-order chi connectivity index (χ0) is 28.9. The van der Waals surface area contributed by atoms with Crippen LogP contribution in [-0.2, 0) is 20.9 Å². The zero-order valence-electron chi connectivity index (χ0n) is 23.4. The quantitative estimate of drug-likeness (QED) is 0.406. The summed E-state index contributed by atoms with van der Waals surface area (Å²) in [5.41, 5.74) is 0.545. The lowest BCUT2D eigenvalue weighted by Crippen LogP contribution is -2.51. The van der Waals surface area contributed by atoms with Gasteiger partial charge in [-0.15, -0.1) is 10.2 Å². The van der Waals surface area contributed by atoms with Crippen LogP contribution in [0.1, 0.15) is 45.2 Å². The smallest absolute Gasteiger partial charge is 0.247 e. The molecule has 0 bridgehead atoms. The molecule has 0 aliphatic carbocycles. The Bertz CT molecular complexity index is 1320. The van der Waals surface area contributed by atoms with Gasteiger partial charge >= 0.3 is 0 Å². The number of benzene rings is 2.